The van der Waals surface area contributed by atoms with E-state index in [9.17, 15) is 29.3 Å². The fourth-order valence-electron chi connectivity index (χ4n) is 6.15. The second-order valence-electron chi connectivity index (χ2n) is 9.97. The Hall–Kier alpha value is -4.05. The third kappa shape index (κ3) is 3.96. The molecule has 6 atom stereocenters. The normalized spacial score (nSPS) is 28.1. The molecule has 3 fully saturated rings. The average molecular weight is 537 g/mol. The molecule has 0 N–H and O–H groups in total. The van der Waals surface area contributed by atoms with Gasteiger partial charge in [-0.1, -0.05) is 29.8 Å². The van der Waals surface area contributed by atoms with E-state index in [1.54, 1.807) is 0 Å². The van der Waals surface area contributed by atoms with Crippen LogP contribution in [0.5, 0.6) is 11.5 Å². The molecule has 11 heteroatoms. The van der Waals surface area contributed by atoms with Crippen LogP contribution in [-0.2, 0) is 19.1 Å². The Bertz CT molecular complexity index is 1380. The Morgan fingerprint density at radius 2 is 1.63 bits per heavy atom. The van der Waals surface area contributed by atoms with E-state index < -0.39 is 41.7 Å². The molecular formula is C27H21ClN2O8. The van der Waals surface area contributed by atoms with Crippen LogP contribution in [0.4, 0.5) is 5.69 Å². The van der Waals surface area contributed by atoms with Gasteiger partial charge in [-0.3, -0.25) is 34.2 Å². The van der Waals surface area contributed by atoms with Crippen molar-refractivity contribution in [3.63, 3.8) is 0 Å². The molecule has 0 spiro atoms. The molecule has 10 nitrogen and oxygen atoms in total. The van der Waals surface area contributed by atoms with Gasteiger partial charge in [0.05, 0.1) is 21.8 Å². The predicted molar refractivity (Wildman–Crippen MR) is 131 cm³/mol. The minimum absolute atomic E-state index is 0.0567. The number of nitro benzene ring substituents is 1. The maximum atomic E-state index is 13.0. The standard InChI is InChI=1S/C27H21ClN2O8/c28-19-2-1-3-20(30(35)36)25(19)38-14-6-4-13(5-7-14)21(31)12-37-22(32)11-29-26(33)23-15-8-9-16(18-10-17(15)18)24(23)27(29)34/h1-9,15-18,23-24H,10-12H2/t15-,16-,17-,18-,23+,24+/m0/s1. The maximum absolute atomic E-state index is 13.0. The number of rotatable bonds is 8. The van der Waals surface area contributed by atoms with Gasteiger partial charge < -0.3 is 9.47 Å². The van der Waals surface area contributed by atoms with Gasteiger partial charge >= 0.3 is 11.7 Å². The molecule has 0 unspecified atom stereocenters. The molecule has 1 aliphatic heterocycles. The summed E-state index contributed by atoms with van der Waals surface area (Å²) >= 11 is 6.04. The van der Waals surface area contributed by atoms with Crippen LogP contribution >= 0.6 is 11.6 Å². The number of hydrogen-bond acceptors (Lipinski definition) is 8. The van der Waals surface area contributed by atoms with Gasteiger partial charge in [-0.15, -0.1) is 0 Å². The molecule has 2 bridgehead atoms. The summed E-state index contributed by atoms with van der Waals surface area (Å²) in [5.74, 6) is -1.68. The number of carbonyl (C=O) groups excluding carboxylic acids is 4. The number of nitrogens with zero attached hydrogens (tertiary/aromatic N) is 2. The van der Waals surface area contributed by atoms with Crippen LogP contribution in [-0.4, -0.2) is 46.5 Å². The average Bonchev–Trinajstić information content (AvgIpc) is 3.69. The van der Waals surface area contributed by atoms with Crippen molar-refractivity contribution in [2.24, 2.45) is 35.5 Å². The van der Waals surface area contributed by atoms with Crippen molar-refractivity contribution in [1.29, 1.82) is 0 Å². The summed E-state index contributed by atoms with van der Waals surface area (Å²) in [6.07, 6.45) is 5.16. The van der Waals surface area contributed by atoms with Gasteiger partial charge in [-0.2, -0.15) is 0 Å². The molecule has 1 saturated heterocycles. The van der Waals surface area contributed by atoms with E-state index in [2.05, 4.69) is 12.2 Å². The lowest BCUT2D eigenvalue weighted by Crippen LogP contribution is -2.40. The number of ketones is 1. The first-order valence-electron chi connectivity index (χ1n) is 12.2. The zero-order valence-electron chi connectivity index (χ0n) is 19.8. The second kappa shape index (κ2) is 9.05. The van der Waals surface area contributed by atoms with Crippen molar-refractivity contribution in [3.05, 3.63) is 75.3 Å². The van der Waals surface area contributed by atoms with E-state index >= 15 is 0 Å². The van der Waals surface area contributed by atoms with Crippen LogP contribution in [0.25, 0.3) is 0 Å². The van der Waals surface area contributed by atoms with Crippen LogP contribution in [0.15, 0.2) is 54.6 Å². The number of halogens is 1. The highest BCUT2D eigenvalue weighted by molar-refractivity contribution is 6.32. The molecule has 5 aliphatic rings. The fourth-order valence-corrected chi connectivity index (χ4v) is 6.36. The zero-order valence-corrected chi connectivity index (χ0v) is 20.6. The highest BCUT2D eigenvalue weighted by Crippen LogP contribution is 2.65. The Morgan fingerprint density at radius 3 is 2.24 bits per heavy atom. The first kappa shape index (κ1) is 24.3. The number of ether oxygens (including phenoxy) is 2. The summed E-state index contributed by atoms with van der Waals surface area (Å²) < 4.78 is 10.6. The number of amides is 2. The van der Waals surface area contributed by atoms with E-state index in [0.29, 0.717) is 11.8 Å². The Morgan fingerprint density at radius 1 is 1.00 bits per heavy atom. The van der Waals surface area contributed by atoms with Crippen LogP contribution in [0, 0.1) is 45.6 Å². The van der Waals surface area contributed by atoms with E-state index in [1.165, 1.54) is 42.5 Å². The molecule has 2 saturated carbocycles. The first-order chi connectivity index (χ1) is 18.2. The predicted octanol–water partition coefficient (Wildman–Crippen LogP) is 3.82. The van der Waals surface area contributed by atoms with Gasteiger partial charge in [-0.25, -0.2) is 0 Å². The number of esters is 1. The Kier molecular flexibility index (Phi) is 5.79. The smallest absolute Gasteiger partial charge is 0.326 e. The van der Waals surface area contributed by atoms with Crippen LogP contribution in [0.1, 0.15) is 16.8 Å². The fraction of sp³-hybridized carbons (Fsp3) is 0.333. The van der Waals surface area contributed by atoms with Crippen molar-refractivity contribution in [2.45, 2.75) is 6.42 Å². The molecule has 1 heterocycles. The number of likely N-dealkylation sites (tertiary alicyclic amines) is 1. The monoisotopic (exact) mass is 536 g/mol. The summed E-state index contributed by atoms with van der Waals surface area (Å²) in [5, 5.41) is 11.3. The summed E-state index contributed by atoms with van der Waals surface area (Å²) in [5.41, 5.74) is -0.0977. The van der Waals surface area contributed by atoms with Crippen molar-refractivity contribution in [1.82, 2.24) is 4.90 Å². The van der Waals surface area contributed by atoms with Crippen molar-refractivity contribution < 1.29 is 33.6 Å². The Balaban J connectivity index is 1.04. The number of hydrogen-bond donors (Lipinski definition) is 0. The molecule has 38 heavy (non-hydrogen) atoms. The third-order valence-corrected chi connectivity index (χ3v) is 8.24. The molecule has 2 amide bonds. The lowest BCUT2D eigenvalue weighted by Gasteiger charge is -2.37. The first-order valence-corrected chi connectivity index (χ1v) is 12.6. The van der Waals surface area contributed by atoms with E-state index in [4.69, 9.17) is 21.1 Å². The molecule has 7 rings (SSSR count). The highest BCUT2D eigenvalue weighted by Gasteiger charge is 2.67. The molecule has 2 aromatic carbocycles. The van der Waals surface area contributed by atoms with E-state index in [1.807, 2.05) is 0 Å². The number of nitro groups is 1. The number of Topliss-reactive ketones (excluding diaryl/α,β-unsaturated/α-hetero) is 1. The van der Waals surface area contributed by atoms with Gasteiger partial charge in [0, 0.05) is 11.6 Å². The number of benzene rings is 2. The largest absolute Gasteiger partial charge is 0.456 e. The van der Waals surface area contributed by atoms with Crippen LogP contribution in [0.3, 0.4) is 0 Å². The second-order valence-corrected chi connectivity index (χ2v) is 10.4. The minimum atomic E-state index is -0.838. The van der Waals surface area contributed by atoms with Gasteiger partial charge in [0.15, 0.2) is 12.4 Å². The Labute approximate surface area is 221 Å². The number of carbonyl (C=O) groups is 4. The summed E-state index contributed by atoms with van der Waals surface area (Å²) in [7, 11) is 0. The van der Waals surface area contributed by atoms with E-state index in [0.717, 1.165) is 11.3 Å². The van der Waals surface area contributed by atoms with Crippen molar-refractivity contribution in [3.8, 4) is 11.5 Å². The number of para-hydroxylation sites is 1. The number of imide groups is 1. The van der Waals surface area contributed by atoms with Gasteiger partial charge in [0.25, 0.3) is 0 Å². The molecular weight excluding hydrogens is 516 g/mol. The van der Waals surface area contributed by atoms with Crippen molar-refractivity contribution in [2.75, 3.05) is 13.2 Å². The van der Waals surface area contributed by atoms with Crippen LogP contribution in [0.2, 0.25) is 5.02 Å². The molecule has 2 aromatic rings. The quantitative estimate of drug-likeness (QED) is 0.124. The summed E-state index contributed by atoms with van der Waals surface area (Å²) in [4.78, 5) is 62.5. The van der Waals surface area contributed by atoms with Crippen molar-refractivity contribution >= 4 is 40.9 Å². The minimum Gasteiger partial charge on any atom is -0.456 e. The lowest BCUT2D eigenvalue weighted by atomic mass is 9.63. The van der Waals surface area contributed by atoms with E-state index in [-0.39, 0.29) is 51.4 Å². The SMILES string of the molecule is O=C(CN1C(=O)[C@@H]2[C@H]3C=C[C@@H]([C@@H]4C[C@@H]34)[C@H]2C1=O)OCC(=O)c1ccc(Oc2c(Cl)cccc2[N+](=O)[O-])cc1. The number of allylic oxidation sites excluding steroid dienone is 2. The van der Waals surface area contributed by atoms with Gasteiger partial charge in [0.2, 0.25) is 17.6 Å². The molecule has 194 valence electrons. The highest BCUT2D eigenvalue weighted by atomic mass is 35.5. The van der Waals surface area contributed by atoms with Crippen LogP contribution < -0.4 is 4.74 Å². The molecule has 0 aromatic heterocycles. The van der Waals surface area contributed by atoms with Gasteiger partial charge in [-0.05, 0) is 60.4 Å². The topological polar surface area (TPSA) is 133 Å². The zero-order chi connectivity index (χ0) is 26.7. The third-order valence-electron chi connectivity index (χ3n) is 7.94. The molecule has 4 aliphatic carbocycles. The maximum Gasteiger partial charge on any atom is 0.326 e. The lowest BCUT2D eigenvalue weighted by molar-refractivity contribution is -0.385. The summed E-state index contributed by atoms with van der Waals surface area (Å²) in [6, 6.07) is 9.84. The van der Waals surface area contributed by atoms with Gasteiger partial charge in [0.1, 0.15) is 12.3 Å². The molecule has 0 radical (unpaired) electrons. The summed E-state index contributed by atoms with van der Waals surface area (Å²) in [6.45, 7) is -1.09.